The Morgan fingerprint density at radius 1 is 1.20 bits per heavy atom. The van der Waals surface area contributed by atoms with Crippen molar-refractivity contribution in [2.24, 2.45) is 0 Å². The van der Waals surface area contributed by atoms with E-state index in [1.807, 2.05) is 6.92 Å². The molecule has 0 unspecified atom stereocenters. The lowest BCUT2D eigenvalue weighted by Gasteiger charge is -2.17. The number of phenolic OH excluding ortho intramolecular Hbond substituents is 1. The Kier molecular flexibility index (Phi) is 5.95. The fourth-order valence-electron chi connectivity index (χ4n) is 2.18. The molecule has 2 aromatic carbocycles. The number of benzene rings is 2. The molecule has 132 valence electrons. The summed E-state index contributed by atoms with van der Waals surface area (Å²) in [7, 11) is -3.90. The van der Waals surface area contributed by atoms with Crippen LogP contribution >= 0.6 is 0 Å². The zero-order chi connectivity index (χ0) is 18.4. The van der Waals surface area contributed by atoms with Gasteiger partial charge in [-0.3, -0.25) is 0 Å². The van der Waals surface area contributed by atoms with Crippen molar-refractivity contribution in [3.63, 3.8) is 0 Å². The molecule has 0 aromatic heterocycles. The van der Waals surface area contributed by atoms with Crippen molar-refractivity contribution in [3.8, 4) is 5.75 Å². The predicted molar refractivity (Wildman–Crippen MR) is 93.4 cm³/mol. The van der Waals surface area contributed by atoms with E-state index in [2.05, 4.69) is 11.3 Å². The normalized spacial score (nSPS) is 12.4. The summed E-state index contributed by atoms with van der Waals surface area (Å²) in [6.07, 6.45) is 1.02. The molecule has 25 heavy (non-hydrogen) atoms. The zero-order valence-corrected chi connectivity index (χ0v) is 14.5. The first-order chi connectivity index (χ1) is 11.8. The van der Waals surface area contributed by atoms with Gasteiger partial charge in [-0.1, -0.05) is 36.4 Å². The van der Waals surface area contributed by atoms with Crippen LogP contribution in [0.5, 0.6) is 5.75 Å². The molecule has 0 amide bonds. The number of phenols is 1. The Hall–Kier alpha value is -2.64. The number of hydrogen-bond donors (Lipinski definition) is 2. The highest BCUT2D eigenvalue weighted by Gasteiger charge is 2.27. The number of aryl methyl sites for hydroxylation is 1. The average Bonchev–Trinajstić information content (AvgIpc) is 2.56. The van der Waals surface area contributed by atoms with Gasteiger partial charge < -0.3 is 9.84 Å². The number of aromatic hydroxyl groups is 1. The van der Waals surface area contributed by atoms with Gasteiger partial charge in [0.05, 0.1) is 11.2 Å². The van der Waals surface area contributed by atoms with Crippen molar-refractivity contribution < 1.29 is 23.1 Å². The SMILES string of the molecule is C=COC(=O)[C@H](Cc1ccc(O)cc1)NS(=O)(=O)c1ccc(C)cc1. The lowest BCUT2D eigenvalue weighted by Crippen LogP contribution is -2.42. The summed E-state index contributed by atoms with van der Waals surface area (Å²) in [6, 6.07) is 11.3. The van der Waals surface area contributed by atoms with Crippen molar-refractivity contribution in [3.05, 3.63) is 72.5 Å². The van der Waals surface area contributed by atoms with Crippen molar-refractivity contribution in [2.75, 3.05) is 0 Å². The number of sulfonamides is 1. The van der Waals surface area contributed by atoms with Crippen LogP contribution in [0.15, 0.2) is 66.3 Å². The first-order valence-electron chi connectivity index (χ1n) is 7.50. The zero-order valence-electron chi connectivity index (χ0n) is 13.7. The molecule has 2 N–H and O–H groups in total. The topological polar surface area (TPSA) is 92.7 Å². The minimum absolute atomic E-state index is 0.0557. The van der Waals surface area contributed by atoms with Crippen molar-refractivity contribution >= 4 is 16.0 Å². The van der Waals surface area contributed by atoms with Gasteiger partial charge in [0.2, 0.25) is 10.0 Å². The highest BCUT2D eigenvalue weighted by atomic mass is 32.2. The van der Waals surface area contributed by atoms with Gasteiger partial charge in [-0.2, -0.15) is 4.72 Å². The third-order valence-corrected chi connectivity index (χ3v) is 4.98. The van der Waals surface area contributed by atoms with E-state index in [0.29, 0.717) is 5.56 Å². The number of ether oxygens (including phenoxy) is 1. The number of rotatable bonds is 7. The van der Waals surface area contributed by atoms with E-state index in [1.165, 1.54) is 24.3 Å². The summed E-state index contributed by atoms with van der Waals surface area (Å²) < 4.78 is 32.2. The molecule has 0 saturated heterocycles. The molecule has 2 rings (SSSR count). The smallest absolute Gasteiger partial charge is 0.329 e. The minimum atomic E-state index is -3.90. The highest BCUT2D eigenvalue weighted by molar-refractivity contribution is 7.89. The number of esters is 1. The molecule has 1 atom stereocenters. The van der Waals surface area contributed by atoms with Crippen LogP contribution in [0.1, 0.15) is 11.1 Å². The summed E-state index contributed by atoms with van der Waals surface area (Å²) in [5.74, 6) is -0.687. The Bertz CT molecular complexity index is 842. The monoisotopic (exact) mass is 361 g/mol. The lowest BCUT2D eigenvalue weighted by molar-refractivity contribution is -0.139. The number of carbonyl (C=O) groups excluding carboxylic acids is 1. The van der Waals surface area contributed by atoms with E-state index >= 15 is 0 Å². The van der Waals surface area contributed by atoms with Gasteiger partial charge in [-0.05, 0) is 43.2 Å². The summed E-state index contributed by atoms with van der Waals surface area (Å²) in [5, 5.41) is 9.33. The van der Waals surface area contributed by atoms with Crippen molar-refractivity contribution in [1.29, 1.82) is 0 Å². The van der Waals surface area contributed by atoms with Crippen LogP contribution in [-0.2, 0) is 26.0 Å². The van der Waals surface area contributed by atoms with Crippen LogP contribution in [-0.4, -0.2) is 25.5 Å². The van der Waals surface area contributed by atoms with Crippen LogP contribution in [0.25, 0.3) is 0 Å². The van der Waals surface area contributed by atoms with Crippen LogP contribution in [0.3, 0.4) is 0 Å². The number of nitrogens with one attached hydrogen (secondary N) is 1. The fraction of sp³-hybridized carbons (Fsp3) is 0.167. The molecule has 0 saturated carbocycles. The quantitative estimate of drug-likeness (QED) is 0.583. The second-order valence-corrected chi connectivity index (χ2v) is 7.18. The molecule has 7 heteroatoms. The molecule has 6 nitrogen and oxygen atoms in total. The number of carbonyl (C=O) groups is 1. The first kappa shape index (κ1) is 18.7. The van der Waals surface area contributed by atoms with Crippen LogP contribution < -0.4 is 4.72 Å². The Labute approximate surface area is 146 Å². The van der Waals surface area contributed by atoms with E-state index in [4.69, 9.17) is 4.74 Å². The molecule has 0 aliphatic carbocycles. The van der Waals surface area contributed by atoms with E-state index in [0.717, 1.165) is 11.8 Å². The molecular weight excluding hydrogens is 342 g/mol. The minimum Gasteiger partial charge on any atom is -0.508 e. The fourth-order valence-corrected chi connectivity index (χ4v) is 3.36. The molecule has 2 aromatic rings. The van der Waals surface area contributed by atoms with Gasteiger partial charge in [-0.25, -0.2) is 13.2 Å². The predicted octanol–water partition coefficient (Wildman–Crippen LogP) is 2.28. The molecule has 0 aliphatic rings. The molecular formula is C18H19NO5S. The maximum Gasteiger partial charge on any atom is 0.329 e. The standard InChI is InChI=1S/C18H19NO5S/c1-3-24-18(21)17(12-14-6-8-15(20)9-7-14)19-25(22,23)16-10-4-13(2)5-11-16/h3-11,17,19-20H,1,12H2,2H3/t17-/m0/s1. The van der Waals surface area contributed by atoms with Gasteiger partial charge in [0, 0.05) is 0 Å². The molecule has 0 heterocycles. The summed E-state index contributed by atoms with van der Waals surface area (Å²) >= 11 is 0. The molecule has 0 fully saturated rings. The maximum absolute atomic E-state index is 12.5. The first-order valence-corrected chi connectivity index (χ1v) is 8.98. The van der Waals surface area contributed by atoms with Gasteiger partial charge in [0.15, 0.2) is 0 Å². The van der Waals surface area contributed by atoms with Gasteiger partial charge in [0.25, 0.3) is 0 Å². The highest BCUT2D eigenvalue weighted by Crippen LogP contribution is 2.15. The molecule has 0 spiro atoms. The average molecular weight is 361 g/mol. The molecule has 0 radical (unpaired) electrons. The van der Waals surface area contributed by atoms with Gasteiger partial charge >= 0.3 is 5.97 Å². The second kappa shape index (κ2) is 7.96. The van der Waals surface area contributed by atoms with Crippen LogP contribution in [0.2, 0.25) is 0 Å². The Morgan fingerprint density at radius 2 is 1.80 bits per heavy atom. The Balaban J connectivity index is 2.25. The number of hydrogen-bond acceptors (Lipinski definition) is 5. The van der Waals surface area contributed by atoms with E-state index in [9.17, 15) is 18.3 Å². The Morgan fingerprint density at radius 3 is 2.36 bits per heavy atom. The summed E-state index contributed by atoms with van der Waals surface area (Å²) in [5.41, 5.74) is 1.58. The summed E-state index contributed by atoms with van der Waals surface area (Å²) in [4.78, 5) is 12.2. The van der Waals surface area contributed by atoms with Crippen LogP contribution in [0, 0.1) is 6.92 Å². The molecule has 0 bridgehead atoms. The molecule has 0 aliphatic heterocycles. The lowest BCUT2D eigenvalue weighted by atomic mass is 10.1. The van der Waals surface area contributed by atoms with Crippen molar-refractivity contribution in [1.82, 2.24) is 4.72 Å². The largest absolute Gasteiger partial charge is 0.508 e. The maximum atomic E-state index is 12.5. The van der Waals surface area contributed by atoms with Crippen LogP contribution in [0.4, 0.5) is 0 Å². The van der Waals surface area contributed by atoms with Gasteiger partial charge in [0.1, 0.15) is 11.8 Å². The van der Waals surface area contributed by atoms with Gasteiger partial charge in [-0.15, -0.1) is 0 Å². The van der Waals surface area contributed by atoms with E-state index in [-0.39, 0.29) is 17.1 Å². The van der Waals surface area contributed by atoms with E-state index in [1.54, 1.807) is 24.3 Å². The third kappa shape index (κ3) is 5.17. The van der Waals surface area contributed by atoms with Crippen molar-refractivity contribution in [2.45, 2.75) is 24.3 Å². The second-order valence-electron chi connectivity index (χ2n) is 5.46. The summed E-state index contributed by atoms with van der Waals surface area (Å²) in [6.45, 7) is 5.16. The third-order valence-electron chi connectivity index (χ3n) is 3.49. The van der Waals surface area contributed by atoms with E-state index < -0.39 is 22.0 Å².